The first kappa shape index (κ1) is 21.1. The van der Waals surface area contributed by atoms with Crippen LogP contribution >= 0.6 is 11.6 Å². The largest absolute Gasteiger partial charge is 0.496 e. The Morgan fingerprint density at radius 3 is 2.42 bits per heavy atom. The molecular formula is C23H24ClN3O4. The standard InChI is InChI=1S/C23H24ClN3O4/c1-29-20-8-6-16(24)12-18(20)23(28)26-9-4-10-27-17(14-26)13-19(25-27)15-5-7-21(30-2)22(11-15)31-3/h5-8,11-13H,4,9-10,14H2,1-3H3. The van der Waals surface area contributed by atoms with Gasteiger partial charge in [-0.15, -0.1) is 0 Å². The molecule has 0 unspecified atom stereocenters. The number of halogens is 1. The van der Waals surface area contributed by atoms with E-state index in [0.29, 0.717) is 40.9 Å². The lowest BCUT2D eigenvalue weighted by molar-refractivity contribution is 0.0742. The zero-order valence-electron chi connectivity index (χ0n) is 17.7. The Bertz CT molecular complexity index is 1110. The molecular weight excluding hydrogens is 418 g/mol. The van der Waals surface area contributed by atoms with Crippen LogP contribution in [0.25, 0.3) is 11.3 Å². The molecule has 7 nitrogen and oxygen atoms in total. The number of carbonyl (C=O) groups is 1. The van der Waals surface area contributed by atoms with Crippen molar-refractivity contribution in [3.8, 4) is 28.5 Å². The summed E-state index contributed by atoms with van der Waals surface area (Å²) in [7, 11) is 4.77. The van der Waals surface area contributed by atoms with Gasteiger partial charge in [0.25, 0.3) is 5.91 Å². The third kappa shape index (κ3) is 4.18. The first-order valence-corrected chi connectivity index (χ1v) is 10.3. The van der Waals surface area contributed by atoms with Gasteiger partial charge in [0, 0.05) is 23.7 Å². The SMILES string of the molecule is COc1ccc(-c2cc3n(n2)CCCN(C(=O)c2cc(Cl)ccc2OC)C3)cc1OC. The lowest BCUT2D eigenvalue weighted by atomic mass is 10.1. The highest BCUT2D eigenvalue weighted by Crippen LogP contribution is 2.33. The average Bonchev–Trinajstić information content (AvgIpc) is 3.09. The van der Waals surface area contributed by atoms with Crippen molar-refractivity contribution in [3.05, 3.63) is 58.7 Å². The summed E-state index contributed by atoms with van der Waals surface area (Å²) in [6, 6.07) is 12.8. The molecule has 31 heavy (non-hydrogen) atoms. The zero-order chi connectivity index (χ0) is 22.0. The quantitative estimate of drug-likeness (QED) is 0.591. The van der Waals surface area contributed by atoms with Crippen molar-refractivity contribution in [2.24, 2.45) is 0 Å². The fourth-order valence-corrected chi connectivity index (χ4v) is 3.96. The van der Waals surface area contributed by atoms with Gasteiger partial charge in [-0.25, -0.2) is 0 Å². The Morgan fingerprint density at radius 2 is 1.68 bits per heavy atom. The number of aryl methyl sites for hydroxylation is 1. The van der Waals surface area contributed by atoms with E-state index in [-0.39, 0.29) is 5.91 Å². The van der Waals surface area contributed by atoms with E-state index < -0.39 is 0 Å². The van der Waals surface area contributed by atoms with Crippen LogP contribution in [-0.4, -0.2) is 48.5 Å². The molecule has 0 aliphatic carbocycles. The highest BCUT2D eigenvalue weighted by molar-refractivity contribution is 6.31. The van der Waals surface area contributed by atoms with Crippen LogP contribution in [0.3, 0.4) is 0 Å². The molecule has 3 aromatic rings. The maximum absolute atomic E-state index is 13.3. The number of fused-ring (bicyclic) bond motifs is 1. The van der Waals surface area contributed by atoms with Crippen molar-refractivity contribution in [2.75, 3.05) is 27.9 Å². The predicted molar refractivity (Wildman–Crippen MR) is 118 cm³/mol. The van der Waals surface area contributed by atoms with Gasteiger partial charge in [-0.1, -0.05) is 11.6 Å². The zero-order valence-corrected chi connectivity index (χ0v) is 18.5. The number of ether oxygens (including phenoxy) is 3. The van der Waals surface area contributed by atoms with E-state index in [1.807, 2.05) is 33.8 Å². The van der Waals surface area contributed by atoms with Crippen molar-refractivity contribution in [1.29, 1.82) is 0 Å². The lowest BCUT2D eigenvalue weighted by Crippen LogP contribution is -2.31. The number of carbonyl (C=O) groups excluding carboxylic acids is 1. The van der Waals surface area contributed by atoms with Crippen molar-refractivity contribution < 1.29 is 19.0 Å². The van der Waals surface area contributed by atoms with Crippen molar-refractivity contribution in [2.45, 2.75) is 19.5 Å². The van der Waals surface area contributed by atoms with E-state index in [4.69, 9.17) is 30.9 Å². The van der Waals surface area contributed by atoms with Gasteiger partial charge < -0.3 is 19.1 Å². The minimum absolute atomic E-state index is 0.110. The van der Waals surface area contributed by atoms with Gasteiger partial charge in [-0.05, 0) is 48.9 Å². The summed E-state index contributed by atoms with van der Waals surface area (Å²) < 4.78 is 18.1. The Balaban J connectivity index is 1.62. The van der Waals surface area contributed by atoms with Crippen LogP contribution in [0.2, 0.25) is 5.02 Å². The van der Waals surface area contributed by atoms with E-state index in [1.54, 1.807) is 39.5 Å². The molecule has 1 amide bonds. The molecule has 1 aromatic heterocycles. The maximum Gasteiger partial charge on any atom is 0.258 e. The number of amides is 1. The average molecular weight is 442 g/mol. The minimum atomic E-state index is -0.110. The van der Waals surface area contributed by atoms with Crippen LogP contribution in [0.15, 0.2) is 42.5 Å². The number of nitrogens with zero attached hydrogens (tertiary/aromatic N) is 3. The van der Waals surface area contributed by atoms with E-state index in [9.17, 15) is 4.79 Å². The fourth-order valence-electron chi connectivity index (χ4n) is 3.79. The highest BCUT2D eigenvalue weighted by atomic mass is 35.5. The van der Waals surface area contributed by atoms with Gasteiger partial charge in [-0.3, -0.25) is 9.48 Å². The van der Waals surface area contributed by atoms with Gasteiger partial charge in [0.05, 0.1) is 44.8 Å². The van der Waals surface area contributed by atoms with Gasteiger partial charge in [0.1, 0.15) is 5.75 Å². The van der Waals surface area contributed by atoms with Gasteiger partial charge in [-0.2, -0.15) is 5.10 Å². The second-order valence-electron chi connectivity index (χ2n) is 7.24. The molecule has 0 saturated carbocycles. The van der Waals surface area contributed by atoms with Crippen LogP contribution in [0.5, 0.6) is 17.2 Å². The Kier molecular flexibility index (Phi) is 6.04. The number of hydrogen-bond donors (Lipinski definition) is 0. The molecule has 0 atom stereocenters. The fraction of sp³-hybridized carbons (Fsp3) is 0.304. The molecule has 0 bridgehead atoms. The predicted octanol–water partition coefficient (Wildman–Crippen LogP) is 4.28. The van der Waals surface area contributed by atoms with Crippen LogP contribution in [0, 0.1) is 0 Å². The summed E-state index contributed by atoms with van der Waals surface area (Å²) in [5.74, 6) is 1.71. The molecule has 1 aliphatic heterocycles. The molecule has 0 N–H and O–H groups in total. The van der Waals surface area contributed by atoms with Gasteiger partial charge in [0.2, 0.25) is 0 Å². The summed E-state index contributed by atoms with van der Waals surface area (Å²) >= 11 is 6.13. The van der Waals surface area contributed by atoms with Crippen LogP contribution < -0.4 is 14.2 Å². The van der Waals surface area contributed by atoms with Crippen LogP contribution in [0.1, 0.15) is 22.5 Å². The molecule has 8 heteroatoms. The lowest BCUT2D eigenvalue weighted by Gasteiger charge is -2.21. The molecule has 1 aliphatic rings. The van der Waals surface area contributed by atoms with Crippen molar-refractivity contribution >= 4 is 17.5 Å². The molecule has 0 saturated heterocycles. The molecule has 2 heterocycles. The summed E-state index contributed by atoms with van der Waals surface area (Å²) in [5.41, 5.74) is 3.18. The first-order valence-electron chi connectivity index (χ1n) is 9.96. The molecule has 0 fully saturated rings. The number of hydrogen-bond acceptors (Lipinski definition) is 5. The second-order valence-corrected chi connectivity index (χ2v) is 7.68. The highest BCUT2D eigenvalue weighted by Gasteiger charge is 2.24. The van der Waals surface area contributed by atoms with E-state index in [0.717, 1.165) is 29.9 Å². The Labute approximate surface area is 186 Å². The monoisotopic (exact) mass is 441 g/mol. The molecule has 162 valence electrons. The summed E-state index contributed by atoms with van der Waals surface area (Å²) in [5, 5.41) is 5.26. The third-order valence-corrected chi connectivity index (χ3v) is 5.61. The summed E-state index contributed by atoms with van der Waals surface area (Å²) in [6.45, 7) is 1.82. The Morgan fingerprint density at radius 1 is 0.935 bits per heavy atom. The van der Waals surface area contributed by atoms with Crippen molar-refractivity contribution in [1.82, 2.24) is 14.7 Å². The van der Waals surface area contributed by atoms with E-state index >= 15 is 0 Å². The van der Waals surface area contributed by atoms with Crippen LogP contribution in [-0.2, 0) is 13.1 Å². The first-order chi connectivity index (χ1) is 15.0. The van der Waals surface area contributed by atoms with Crippen molar-refractivity contribution in [3.63, 3.8) is 0 Å². The molecule has 4 rings (SSSR count). The number of aromatic nitrogens is 2. The molecule has 0 spiro atoms. The number of methoxy groups -OCH3 is 3. The maximum atomic E-state index is 13.3. The molecule has 0 radical (unpaired) electrons. The van der Waals surface area contributed by atoms with Crippen LogP contribution in [0.4, 0.5) is 0 Å². The molecule has 2 aromatic carbocycles. The Hall–Kier alpha value is -3.19. The summed E-state index contributed by atoms with van der Waals surface area (Å²) in [6.07, 6.45) is 0.800. The summed E-state index contributed by atoms with van der Waals surface area (Å²) in [4.78, 5) is 15.1. The van der Waals surface area contributed by atoms with E-state index in [2.05, 4.69) is 0 Å². The topological polar surface area (TPSA) is 65.8 Å². The van der Waals surface area contributed by atoms with E-state index in [1.165, 1.54) is 0 Å². The third-order valence-electron chi connectivity index (χ3n) is 5.37. The number of benzene rings is 2. The number of rotatable bonds is 5. The smallest absolute Gasteiger partial charge is 0.258 e. The second kappa shape index (κ2) is 8.89. The van der Waals surface area contributed by atoms with Gasteiger partial charge in [0.15, 0.2) is 11.5 Å². The normalized spacial score (nSPS) is 13.4. The van der Waals surface area contributed by atoms with Gasteiger partial charge >= 0.3 is 0 Å². The minimum Gasteiger partial charge on any atom is -0.496 e.